The van der Waals surface area contributed by atoms with Crippen LogP contribution in [0.15, 0.2) is 10.9 Å². The van der Waals surface area contributed by atoms with E-state index in [1.807, 2.05) is 0 Å². The normalized spacial score (nSPS) is 10.9. The highest BCUT2D eigenvalue weighted by Crippen LogP contribution is 2.22. The summed E-state index contributed by atoms with van der Waals surface area (Å²) in [4.78, 5) is 33.5. The van der Waals surface area contributed by atoms with Crippen molar-refractivity contribution in [2.75, 3.05) is 7.11 Å². The predicted octanol–water partition coefficient (Wildman–Crippen LogP) is 0.968. The standard InChI is InChI=1S/C8H5F3N2O6/c1-18-7(15)5-6(13(16)17)3(14)2-4(12-5)19-8(9,10)11/h2H,1H3,(H,12,14). The van der Waals surface area contributed by atoms with Gasteiger partial charge in [-0.15, -0.1) is 13.2 Å². The van der Waals surface area contributed by atoms with Gasteiger partial charge in [0.15, 0.2) is 0 Å². The fourth-order valence-corrected chi connectivity index (χ4v) is 1.14. The van der Waals surface area contributed by atoms with Crippen molar-refractivity contribution in [1.29, 1.82) is 0 Å². The second-order valence-corrected chi connectivity index (χ2v) is 3.02. The molecule has 11 heteroatoms. The van der Waals surface area contributed by atoms with Crippen molar-refractivity contribution in [3.63, 3.8) is 0 Å². The smallest absolute Gasteiger partial charge is 0.464 e. The van der Waals surface area contributed by atoms with Gasteiger partial charge in [0.2, 0.25) is 11.6 Å². The number of aromatic nitrogens is 1. The number of carbonyl (C=O) groups excluding carboxylic acids is 1. The maximum Gasteiger partial charge on any atom is 0.574 e. The monoisotopic (exact) mass is 282 g/mol. The topological polar surface area (TPSA) is 112 Å². The second-order valence-electron chi connectivity index (χ2n) is 3.02. The average molecular weight is 282 g/mol. The van der Waals surface area contributed by atoms with Crippen molar-refractivity contribution in [2.45, 2.75) is 6.36 Å². The van der Waals surface area contributed by atoms with Gasteiger partial charge in [-0.05, 0) is 0 Å². The Balaban J connectivity index is 3.44. The summed E-state index contributed by atoms with van der Waals surface area (Å²) in [5.41, 5.74) is -3.70. The summed E-state index contributed by atoms with van der Waals surface area (Å²) in [6, 6.07) is 0.206. The lowest BCUT2D eigenvalue weighted by atomic mass is 10.3. The van der Waals surface area contributed by atoms with Gasteiger partial charge in [-0.2, -0.15) is 0 Å². The van der Waals surface area contributed by atoms with Crippen LogP contribution in [0.4, 0.5) is 18.9 Å². The van der Waals surface area contributed by atoms with E-state index in [4.69, 9.17) is 0 Å². The summed E-state index contributed by atoms with van der Waals surface area (Å²) >= 11 is 0. The van der Waals surface area contributed by atoms with Gasteiger partial charge in [-0.1, -0.05) is 0 Å². The number of hydrogen-bond donors (Lipinski definition) is 1. The number of hydrogen-bond acceptors (Lipinski definition) is 6. The number of esters is 1. The molecule has 0 saturated carbocycles. The first-order valence-electron chi connectivity index (χ1n) is 4.41. The number of nitro groups is 1. The lowest BCUT2D eigenvalue weighted by Crippen LogP contribution is -2.22. The maximum absolute atomic E-state index is 12.0. The van der Waals surface area contributed by atoms with E-state index >= 15 is 0 Å². The SMILES string of the molecule is COC(=O)c1[nH]c(OC(F)(F)F)cc(=O)c1[N+](=O)[O-]. The van der Waals surface area contributed by atoms with Crippen LogP contribution < -0.4 is 10.2 Å². The Labute approximate surface area is 101 Å². The molecule has 0 amide bonds. The van der Waals surface area contributed by atoms with Crippen LogP contribution in [0.1, 0.15) is 10.5 Å². The molecule has 0 unspecified atom stereocenters. The summed E-state index contributed by atoms with van der Waals surface area (Å²) in [5.74, 6) is -2.54. The van der Waals surface area contributed by atoms with Gasteiger partial charge in [-0.3, -0.25) is 14.9 Å². The lowest BCUT2D eigenvalue weighted by molar-refractivity contribution is -0.386. The highest BCUT2D eigenvalue weighted by Gasteiger charge is 2.34. The average Bonchev–Trinajstić information content (AvgIpc) is 2.24. The summed E-state index contributed by atoms with van der Waals surface area (Å²) in [7, 11) is 0.835. The van der Waals surface area contributed by atoms with Crippen molar-refractivity contribution < 1.29 is 32.4 Å². The first-order chi connectivity index (χ1) is 8.65. The zero-order chi connectivity index (χ0) is 14.8. The molecule has 0 atom stereocenters. The summed E-state index contributed by atoms with van der Waals surface area (Å²) < 4.78 is 43.3. The maximum atomic E-state index is 12.0. The van der Waals surface area contributed by atoms with Gasteiger partial charge in [0, 0.05) is 0 Å². The number of ether oxygens (including phenoxy) is 2. The molecule has 1 aromatic heterocycles. The number of nitrogens with zero attached hydrogens (tertiary/aromatic N) is 1. The molecule has 19 heavy (non-hydrogen) atoms. The van der Waals surface area contributed by atoms with Gasteiger partial charge in [0.1, 0.15) is 0 Å². The molecule has 0 spiro atoms. The molecule has 0 fully saturated rings. The number of alkyl halides is 3. The lowest BCUT2D eigenvalue weighted by Gasteiger charge is -2.09. The molecule has 1 aromatic rings. The number of carbonyl (C=O) groups is 1. The van der Waals surface area contributed by atoms with E-state index in [0.29, 0.717) is 0 Å². The molecular formula is C8H5F3N2O6. The molecule has 0 aliphatic rings. The van der Waals surface area contributed by atoms with Crippen molar-refractivity contribution in [3.8, 4) is 5.88 Å². The number of nitrogens with one attached hydrogen (secondary N) is 1. The van der Waals surface area contributed by atoms with Crippen LogP contribution in [-0.2, 0) is 4.74 Å². The Hall–Kier alpha value is -2.59. The van der Waals surface area contributed by atoms with Gasteiger partial charge < -0.3 is 14.5 Å². The molecule has 0 aliphatic heterocycles. The molecule has 1 N–H and O–H groups in total. The highest BCUT2D eigenvalue weighted by molar-refractivity contribution is 5.91. The van der Waals surface area contributed by atoms with E-state index in [1.165, 1.54) is 0 Å². The Morgan fingerprint density at radius 3 is 2.47 bits per heavy atom. The number of rotatable bonds is 3. The second kappa shape index (κ2) is 4.96. The number of halogens is 3. The molecule has 0 aromatic carbocycles. The summed E-state index contributed by atoms with van der Waals surface area (Å²) in [6.45, 7) is 0. The van der Waals surface area contributed by atoms with Crippen LogP contribution in [0, 0.1) is 10.1 Å². The third-order valence-corrected chi connectivity index (χ3v) is 1.78. The van der Waals surface area contributed by atoms with Crippen molar-refractivity contribution >= 4 is 11.7 Å². The highest BCUT2D eigenvalue weighted by atomic mass is 19.4. The van der Waals surface area contributed by atoms with Crippen LogP contribution in [0.5, 0.6) is 5.88 Å². The zero-order valence-electron chi connectivity index (χ0n) is 9.11. The van der Waals surface area contributed by atoms with Gasteiger partial charge in [0.25, 0.3) is 5.43 Å². The molecular weight excluding hydrogens is 277 g/mol. The summed E-state index contributed by atoms with van der Waals surface area (Å²) in [5, 5.41) is 10.6. The van der Waals surface area contributed by atoms with Gasteiger partial charge >= 0.3 is 18.0 Å². The van der Waals surface area contributed by atoms with E-state index < -0.39 is 39.9 Å². The molecule has 0 saturated heterocycles. The molecule has 104 valence electrons. The first kappa shape index (κ1) is 14.5. The summed E-state index contributed by atoms with van der Waals surface area (Å²) in [6.07, 6.45) is -5.13. The fraction of sp³-hybridized carbons (Fsp3) is 0.250. The van der Waals surface area contributed by atoms with E-state index in [-0.39, 0.29) is 6.07 Å². The van der Waals surface area contributed by atoms with Crippen molar-refractivity contribution in [1.82, 2.24) is 4.98 Å². The van der Waals surface area contributed by atoms with Gasteiger partial charge in [0.05, 0.1) is 18.1 Å². The number of aromatic amines is 1. The van der Waals surface area contributed by atoms with Crippen LogP contribution in [0.2, 0.25) is 0 Å². The number of methoxy groups -OCH3 is 1. The molecule has 1 rings (SSSR count). The van der Waals surface area contributed by atoms with E-state index in [0.717, 1.165) is 7.11 Å². The quantitative estimate of drug-likeness (QED) is 0.502. The van der Waals surface area contributed by atoms with E-state index in [9.17, 15) is 32.9 Å². The fourth-order valence-electron chi connectivity index (χ4n) is 1.14. The van der Waals surface area contributed by atoms with Crippen molar-refractivity contribution in [3.05, 3.63) is 32.1 Å². The number of H-pyrrole nitrogens is 1. The zero-order valence-corrected chi connectivity index (χ0v) is 9.11. The van der Waals surface area contributed by atoms with Crippen LogP contribution in [0.3, 0.4) is 0 Å². The third kappa shape index (κ3) is 3.43. The van der Waals surface area contributed by atoms with Crippen molar-refractivity contribution in [2.24, 2.45) is 0 Å². The molecule has 0 radical (unpaired) electrons. The first-order valence-corrected chi connectivity index (χ1v) is 4.41. The largest absolute Gasteiger partial charge is 0.574 e. The molecule has 0 aliphatic carbocycles. The molecule has 1 heterocycles. The van der Waals surface area contributed by atoms with Gasteiger partial charge in [-0.25, -0.2) is 4.79 Å². The minimum Gasteiger partial charge on any atom is -0.464 e. The minimum absolute atomic E-state index is 0.206. The van der Waals surface area contributed by atoms with E-state index in [1.54, 1.807) is 4.98 Å². The minimum atomic E-state index is -5.13. The Kier molecular flexibility index (Phi) is 3.77. The molecule has 8 nitrogen and oxygen atoms in total. The number of pyridine rings is 1. The van der Waals surface area contributed by atoms with Crippen LogP contribution in [-0.4, -0.2) is 29.3 Å². The Bertz CT molecular complexity index is 579. The Morgan fingerprint density at radius 1 is 1.47 bits per heavy atom. The van der Waals surface area contributed by atoms with Crippen LogP contribution in [0.25, 0.3) is 0 Å². The Morgan fingerprint density at radius 2 is 2.05 bits per heavy atom. The van der Waals surface area contributed by atoms with E-state index in [2.05, 4.69) is 9.47 Å². The van der Waals surface area contributed by atoms with Crippen LogP contribution >= 0.6 is 0 Å². The predicted molar refractivity (Wildman–Crippen MR) is 51.7 cm³/mol. The molecule has 0 bridgehead atoms. The third-order valence-electron chi connectivity index (χ3n) is 1.78.